The van der Waals surface area contributed by atoms with Crippen molar-refractivity contribution in [3.05, 3.63) is 33.4 Å². The van der Waals surface area contributed by atoms with Crippen LogP contribution >= 0.6 is 22.6 Å². The molecule has 0 spiro atoms. The summed E-state index contributed by atoms with van der Waals surface area (Å²) in [6, 6.07) is 8.03. The van der Waals surface area contributed by atoms with E-state index in [2.05, 4.69) is 66.0 Å². The average Bonchev–Trinajstić information content (AvgIpc) is 2.35. The topological polar surface area (TPSA) is 38.3 Å². The van der Waals surface area contributed by atoms with Crippen LogP contribution in [-0.4, -0.2) is 19.1 Å². The highest BCUT2D eigenvalue weighted by atomic mass is 127. The third-order valence-electron chi connectivity index (χ3n) is 2.66. The molecule has 4 heteroatoms. The van der Waals surface area contributed by atoms with Gasteiger partial charge in [-0.05, 0) is 52.6 Å². The van der Waals surface area contributed by atoms with Gasteiger partial charge in [0.05, 0.1) is 7.11 Å². The molecule has 18 heavy (non-hydrogen) atoms. The number of rotatable bonds is 6. The maximum Gasteiger partial charge on any atom is 0.322 e. The standard InChI is InChI=1S/C14H20INO2/c1-10(2)8-13(14(17)18-3)16-9-11-4-6-12(15)7-5-11/h4-7,10,13,16H,8-9H2,1-3H3. The Bertz CT molecular complexity index is 376. The molecule has 0 aliphatic carbocycles. The zero-order valence-corrected chi connectivity index (χ0v) is 13.2. The Morgan fingerprint density at radius 1 is 1.33 bits per heavy atom. The van der Waals surface area contributed by atoms with Gasteiger partial charge < -0.3 is 10.1 Å². The van der Waals surface area contributed by atoms with E-state index in [1.54, 1.807) is 0 Å². The van der Waals surface area contributed by atoms with E-state index in [0.29, 0.717) is 12.5 Å². The van der Waals surface area contributed by atoms with Crippen LogP contribution in [0.3, 0.4) is 0 Å². The Kier molecular flexibility index (Phi) is 6.63. The molecule has 1 aromatic carbocycles. The smallest absolute Gasteiger partial charge is 0.322 e. The molecule has 0 aliphatic rings. The summed E-state index contributed by atoms with van der Waals surface area (Å²) in [6.07, 6.45) is 0.789. The van der Waals surface area contributed by atoms with Gasteiger partial charge in [0, 0.05) is 10.1 Å². The highest BCUT2D eigenvalue weighted by Crippen LogP contribution is 2.09. The molecule has 0 saturated carbocycles. The molecular weight excluding hydrogens is 341 g/mol. The maximum atomic E-state index is 11.6. The van der Waals surface area contributed by atoms with Crippen molar-refractivity contribution in [1.29, 1.82) is 0 Å². The first kappa shape index (κ1) is 15.4. The second-order valence-electron chi connectivity index (χ2n) is 4.71. The van der Waals surface area contributed by atoms with Crippen molar-refractivity contribution in [2.45, 2.75) is 32.9 Å². The fourth-order valence-electron chi connectivity index (χ4n) is 1.72. The fraction of sp³-hybridized carbons (Fsp3) is 0.500. The Morgan fingerprint density at radius 2 is 1.94 bits per heavy atom. The molecule has 1 rings (SSSR count). The van der Waals surface area contributed by atoms with E-state index in [9.17, 15) is 4.79 Å². The number of hydrogen-bond acceptors (Lipinski definition) is 3. The predicted octanol–water partition coefficient (Wildman–Crippen LogP) is 2.97. The van der Waals surface area contributed by atoms with Crippen LogP contribution in [-0.2, 0) is 16.1 Å². The van der Waals surface area contributed by atoms with Gasteiger partial charge in [0.15, 0.2) is 0 Å². The van der Waals surface area contributed by atoms with Crippen LogP contribution in [0.5, 0.6) is 0 Å². The molecule has 1 atom stereocenters. The normalized spacial score (nSPS) is 12.5. The van der Waals surface area contributed by atoms with E-state index in [1.807, 2.05) is 0 Å². The maximum absolute atomic E-state index is 11.6. The molecule has 0 heterocycles. The first-order valence-electron chi connectivity index (χ1n) is 6.08. The number of halogens is 1. The van der Waals surface area contributed by atoms with Crippen molar-refractivity contribution < 1.29 is 9.53 Å². The number of esters is 1. The van der Waals surface area contributed by atoms with Gasteiger partial charge in [-0.1, -0.05) is 26.0 Å². The van der Waals surface area contributed by atoms with Crippen LogP contribution < -0.4 is 5.32 Å². The largest absolute Gasteiger partial charge is 0.468 e. The Morgan fingerprint density at radius 3 is 2.44 bits per heavy atom. The van der Waals surface area contributed by atoms with Crippen LogP contribution in [0.4, 0.5) is 0 Å². The van der Waals surface area contributed by atoms with Crippen molar-refractivity contribution >= 4 is 28.6 Å². The zero-order chi connectivity index (χ0) is 13.5. The summed E-state index contributed by atoms with van der Waals surface area (Å²) in [7, 11) is 1.43. The molecule has 100 valence electrons. The van der Waals surface area contributed by atoms with Crippen molar-refractivity contribution in [3.8, 4) is 0 Å². The molecule has 0 aliphatic heterocycles. The van der Waals surface area contributed by atoms with Gasteiger partial charge in [-0.15, -0.1) is 0 Å². The SMILES string of the molecule is COC(=O)C(CC(C)C)NCc1ccc(I)cc1. The highest BCUT2D eigenvalue weighted by molar-refractivity contribution is 14.1. The molecule has 0 aromatic heterocycles. The van der Waals surface area contributed by atoms with Crippen LogP contribution in [0.15, 0.2) is 24.3 Å². The minimum Gasteiger partial charge on any atom is -0.468 e. The van der Waals surface area contributed by atoms with E-state index >= 15 is 0 Å². The molecule has 3 nitrogen and oxygen atoms in total. The van der Waals surface area contributed by atoms with Crippen molar-refractivity contribution in [1.82, 2.24) is 5.32 Å². The quantitative estimate of drug-likeness (QED) is 0.626. The summed E-state index contributed by atoms with van der Waals surface area (Å²) in [5.74, 6) is 0.271. The number of methoxy groups -OCH3 is 1. The van der Waals surface area contributed by atoms with E-state index < -0.39 is 0 Å². The molecule has 1 N–H and O–H groups in total. The second-order valence-corrected chi connectivity index (χ2v) is 5.96. The molecule has 0 radical (unpaired) electrons. The number of carbonyl (C=O) groups excluding carboxylic acids is 1. The van der Waals surface area contributed by atoms with Gasteiger partial charge in [0.25, 0.3) is 0 Å². The first-order valence-corrected chi connectivity index (χ1v) is 7.16. The Labute approximate surface area is 122 Å². The van der Waals surface area contributed by atoms with Crippen molar-refractivity contribution in [2.75, 3.05) is 7.11 Å². The summed E-state index contributed by atoms with van der Waals surface area (Å²) in [4.78, 5) is 11.6. The van der Waals surface area contributed by atoms with Gasteiger partial charge in [0.1, 0.15) is 6.04 Å². The molecule has 0 amide bonds. The van der Waals surface area contributed by atoms with Crippen LogP contribution in [0.1, 0.15) is 25.8 Å². The lowest BCUT2D eigenvalue weighted by Gasteiger charge is -2.18. The van der Waals surface area contributed by atoms with Gasteiger partial charge in [-0.3, -0.25) is 4.79 Å². The summed E-state index contributed by atoms with van der Waals surface area (Å²) < 4.78 is 6.03. The molecule has 0 saturated heterocycles. The van der Waals surface area contributed by atoms with E-state index in [-0.39, 0.29) is 12.0 Å². The van der Waals surface area contributed by atoms with E-state index in [1.165, 1.54) is 16.2 Å². The second kappa shape index (κ2) is 7.74. The number of nitrogens with one attached hydrogen (secondary N) is 1. The summed E-state index contributed by atoms with van der Waals surface area (Å²) >= 11 is 2.28. The van der Waals surface area contributed by atoms with Gasteiger partial charge in [-0.2, -0.15) is 0 Å². The number of hydrogen-bond donors (Lipinski definition) is 1. The third kappa shape index (κ3) is 5.35. The summed E-state index contributed by atoms with van der Waals surface area (Å²) in [6.45, 7) is 4.88. The summed E-state index contributed by atoms with van der Waals surface area (Å²) in [5, 5.41) is 3.26. The Hall–Kier alpha value is -0.620. The molecule has 1 aromatic rings. The molecule has 0 bridgehead atoms. The molecule has 1 unspecified atom stereocenters. The summed E-state index contributed by atoms with van der Waals surface area (Å²) in [5.41, 5.74) is 1.17. The number of carbonyl (C=O) groups is 1. The van der Waals surface area contributed by atoms with Crippen molar-refractivity contribution in [2.24, 2.45) is 5.92 Å². The average molecular weight is 361 g/mol. The lowest BCUT2D eigenvalue weighted by molar-refractivity contribution is -0.143. The monoisotopic (exact) mass is 361 g/mol. The van der Waals surface area contributed by atoms with Crippen LogP contribution in [0.2, 0.25) is 0 Å². The van der Waals surface area contributed by atoms with Crippen LogP contribution in [0.25, 0.3) is 0 Å². The minimum absolute atomic E-state index is 0.186. The van der Waals surface area contributed by atoms with E-state index in [4.69, 9.17) is 4.74 Å². The Balaban J connectivity index is 2.55. The van der Waals surface area contributed by atoms with Gasteiger partial charge >= 0.3 is 5.97 Å². The molecule has 0 fully saturated rings. The lowest BCUT2D eigenvalue weighted by atomic mass is 10.0. The number of benzene rings is 1. The third-order valence-corrected chi connectivity index (χ3v) is 3.38. The van der Waals surface area contributed by atoms with Gasteiger partial charge in [0.2, 0.25) is 0 Å². The highest BCUT2D eigenvalue weighted by Gasteiger charge is 2.19. The number of ether oxygens (including phenoxy) is 1. The zero-order valence-electron chi connectivity index (χ0n) is 11.1. The minimum atomic E-state index is -0.228. The van der Waals surface area contributed by atoms with E-state index in [0.717, 1.165) is 6.42 Å². The predicted molar refractivity (Wildman–Crippen MR) is 81.3 cm³/mol. The van der Waals surface area contributed by atoms with Gasteiger partial charge in [-0.25, -0.2) is 0 Å². The van der Waals surface area contributed by atoms with Crippen molar-refractivity contribution in [3.63, 3.8) is 0 Å². The molecular formula is C14H20INO2. The lowest BCUT2D eigenvalue weighted by Crippen LogP contribution is -2.38. The van der Waals surface area contributed by atoms with Crippen LogP contribution in [0, 0.1) is 9.49 Å². The first-order chi connectivity index (χ1) is 8.52. The fourth-order valence-corrected chi connectivity index (χ4v) is 2.08.